The molecule has 2 N–H and O–H groups in total. The van der Waals surface area contributed by atoms with Gasteiger partial charge in [0.05, 0.1) is 0 Å². The van der Waals surface area contributed by atoms with E-state index < -0.39 is 0 Å². The molecule has 92 valence electrons. The zero-order valence-corrected chi connectivity index (χ0v) is 11.7. The van der Waals surface area contributed by atoms with Gasteiger partial charge in [-0.15, -0.1) is 0 Å². The molecule has 16 heavy (non-hydrogen) atoms. The Morgan fingerprint density at radius 1 is 1.31 bits per heavy atom. The van der Waals surface area contributed by atoms with E-state index in [2.05, 4.69) is 16.9 Å². The van der Waals surface area contributed by atoms with E-state index in [0.717, 1.165) is 11.7 Å². The maximum absolute atomic E-state index is 5.35. The normalized spacial score (nSPS) is 23.8. The van der Waals surface area contributed by atoms with Gasteiger partial charge in [0.15, 0.2) is 5.11 Å². The maximum atomic E-state index is 5.35. The molecule has 2 fully saturated rings. The first-order chi connectivity index (χ1) is 7.74. The Morgan fingerprint density at radius 3 is 2.56 bits per heavy atom. The van der Waals surface area contributed by atoms with Crippen LogP contribution < -0.4 is 10.6 Å². The average Bonchev–Trinajstić information content (AvgIpc) is 3.09. The number of rotatable bonds is 4. The van der Waals surface area contributed by atoms with Crippen molar-refractivity contribution >= 4 is 29.1 Å². The quantitative estimate of drug-likeness (QED) is 0.757. The fourth-order valence-electron chi connectivity index (χ4n) is 2.32. The summed E-state index contributed by atoms with van der Waals surface area (Å²) in [5.41, 5.74) is 0. The summed E-state index contributed by atoms with van der Waals surface area (Å²) in [5, 5.41) is 7.71. The summed E-state index contributed by atoms with van der Waals surface area (Å²) in [7, 11) is 0. The van der Waals surface area contributed by atoms with Crippen molar-refractivity contribution < 1.29 is 0 Å². The highest BCUT2D eigenvalue weighted by Crippen LogP contribution is 2.46. The molecule has 2 aliphatic carbocycles. The predicted molar refractivity (Wildman–Crippen MR) is 76.1 cm³/mol. The molecule has 2 rings (SSSR count). The largest absolute Gasteiger partial charge is 0.361 e. The van der Waals surface area contributed by atoms with Crippen LogP contribution in [0.15, 0.2) is 0 Å². The fourth-order valence-corrected chi connectivity index (χ4v) is 3.28. The van der Waals surface area contributed by atoms with E-state index in [1.54, 1.807) is 0 Å². The lowest BCUT2D eigenvalue weighted by molar-refractivity contribution is 0.412. The molecule has 0 saturated heterocycles. The molecule has 0 aromatic heterocycles. The zero-order valence-electron chi connectivity index (χ0n) is 10.1. The molecule has 4 heteroatoms. The van der Waals surface area contributed by atoms with Crippen molar-refractivity contribution in [2.75, 3.05) is 12.8 Å². The Balaban J connectivity index is 1.64. The molecule has 0 amide bonds. The minimum atomic E-state index is 0.498. The van der Waals surface area contributed by atoms with Gasteiger partial charge in [-0.25, -0.2) is 0 Å². The SMILES string of the molecule is CSC1(CNC(=S)NC2CCCCC2)CC1. The smallest absolute Gasteiger partial charge is 0.166 e. The molecule has 0 aromatic rings. The van der Waals surface area contributed by atoms with E-state index >= 15 is 0 Å². The van der Waals surface area contributed by atoms with Crippen LogP contribution in [0.4, 0.5) is 0 Å². The van der Waals surface area contributed by atoms with Crippen LogP contribution in [0.1, 0.15) is 44.9 Å². The highest BCUT2D eigenvalue weighted by atomic mass is 32.2. The number of nitrogens with one attached hydrogen (secondary N) is 2. The molecular formula is C12H22N2S2. The van der Waals surface area contributed by atoms with Crippen molar-refractivity contribution in [2.45, 2.75) is 55.7 Å². The minimum Gasteiger partial charge on any atom is -0.361 e. The summed E-state index contributed by atoms with van der Waals surface area (Å²) in [6, 6.07) is 0.623. The summed E-state index contributed by atoms with van der Waals surface area (Å²) in [6.45, 7) is 1.03. The standard InChI is InChI=1S/C12H22N2S2/c1-16-12(7-8-12)9-13-11(15)14-10-5-3-2-4-6-10/h10H,2-9H2,1H3,(H2,13,14,15). The van der Waals surface area contributed by atoms with Crippen LogP contribution in [-0.2, 0) is 0 Å². The molecule has 0 unspecified atom stereocenters. The van der Waals surface area contributed by atoms with Gasteiger partial charge >= 0.3 is 0 Å². The maximum Gasteiger partial charge on any atom is 0.166 e. The van der Waals surface area contributed by atoms with Gasteiger partial charge in [0.2, 0.25) is 0 Å². The van der Waals surface area contributed by atoms with Crippen molar-refractivity contribution in [3.8, 4) is 0 Å². The molecule has 2 aliphatic rings. The third kappa shape index (κ3) is 3.52. The van der Waals surface area contributed by atoms with E-state index in [1.165, 1.54) is 44.9 Å². The van der Waals surface area contributed by atoms with Crippen molar-refractivity contribution in [3.05, 3.63) is 0 Å². The molecule has 0 heterocycles. The van der Waals surface area contributed by atoms with Crippen LogP contribution in [0.2, 0.25) is 0 Å². The van der Waals surface area contributed by atoms with Crippen molar-refractivity contribution in [3.63, 3.8) is 0 Å². The Kier molecular flexibility index (Phi) is 4.36. The van der Waals surface area contributed by atoms with Crippen LogP contribution >= 0.6 is 24.0 Å². The lowest BCUT2D eigenvalue weighted by atomic mass is 9.96. The topological polar surface area (TPSA) is 24.1 Å². The average molecular weight is 258 g/mol. The van der Waals surface area contributed by atoms with Gasteiger partial charge in [-0.3, -0.25) is 0 Å². The van der Waals surface area contributed by atoms with E-state index in [-0.39, 0.29) is 0 Å². The summed E-state index contributed by atoms with van der Waals surface area (Å²) < 4.78 is 0.498. The third-order valence-electron chi connectivity index (χ3n) is 3.75. The van der Waals surface area contributed by atoms with Gasteiger partial charge in [0.25, 0.3) is 0 Å². The summed E-state index contributed by atoms with van der Waals surface area (Å²) in [6.07, 6.45) is 11.6. The Labute approximate surface area is 108 Å². The molecule has 0 radical (unpaired) electrons. The van der Waals surface area contributed by atoms with Crippen LogP contribution in [0.25, 0.3) is 0 Å². The molecule has 0 bridgehead atoms. The highest BCUT2D eigenvalue weighted by molar-refractivity contribution is 8.00. The highest BCUT2D eigenvalue weighted by Gasteiger charge is 2.41. The van der Waals surface area contributed by atoms with Crippen LogP contribution in [-0.4, -0.2) is 28.7 Å². The van der Waals surface area contributed by atoms with Crippen molar-refractivity contribution in [2.24, 2.45) is 0 Å². The van der Waals surface area contributed by atoms with Crippen molar-refractivity contribution in [1.29, 1.82) is 0 Å². The molecule has 2 saturated carbocycles. The second kappa shape index (κ2) is 5.58. The van der Waals surface area contributed by atoms with E-state index in [0.29, 0.717) is 10.8 Å². The second-order valence-corrected chi connectivity index (χ2v) is 6.73. The van der Waals surface area contributed by atoms with Gasteiger partial charge in [-0.2, -0.15) is 11.8 Å². The van der Waals surface area contributed by atoms with Gasteiger partial charge in [0, 0.05) is 17.3 Å². The molecule has 0 spiro atoms. The number of thioether (sulfide) groups is 1. The zero-order chi connectivity index (χ0) is 11.4. The van der Waals surface area contributed by atoms with Gasteiger partial charge in [-0.05, 0) is 44.2 Å². The molecule has 0 aromatic carbocycles. The number of hydrogen-bond donors (Lipinski definition) is 2. The first-order valence-corrected chi connectivity index (χ1v) is 7.97. The van der Waals surface area contributed by atoms with E-state index in [9.17, 15) is 0 Å². The lowest BCUT2D eigenvalue weighted by Crippen LogP contribution is -2.44. The monoisotopic (exact) mass is 258 g/mol. The molecule has 2 nitrogen and oxygen atoms in total. The fraction of sp³-hybridized carbons (Fsp3) is 0.917. The molecule has 0 atom stereocenters. The summed E-state index contributed by atoms with van der Waals surface area (Å²) in [4.78, 5) is 0. The Bertz CT molecular complexity index is 245. The first-order valence-electron chi connectivity index (χ1n) is 6.34. The van der Waals surface area contributed by atoms with Gasteiger partial charge in [-0.1, -0.05) is 19.3 Å². The summed E-state index contributed by atoms with van der Waals surface area (Å²) in [5.74, 6) is 0. The van der Waals surface area contributed by atoms with Gasteiger partial charge < -0.3 is 10.6 Å². The minimum absolute atomic E-state index is 0.498. The van der Waals surface area contributed by atoms with Crippen LogP contribution in [0.3, 0.4) is 0 Å². The summed E-state index contributed by atoms with van der Waals surface area (Å²) >= 11 is 7.32. The van der Waals surface area contributed by atoms with Crippen LogP contribution in [0, 0.1) is 0 Å². The predicted octanol–water partition coefficient (Wildman–Crippen LogP) is 2.68. The third-order valence-corrected chi connectivity index (χ3v) is 5.43. The lowest BCUT2D eigenvalue weighted by Gasteiger charge is -2.25. The molecular weight excluding hydrogens is 236 g/mol. The van der Waals surface area contributed by atoms with E-state index in [1.807, 2.05) is 11.8 Å². The van der Waals surface area contributed by atoms with E-state index in [4.69, 9.17) is 12.2 Å². The van der Waals surface area contributed by atoms with Crippen LogP contribution in [0.5, 0.6) is 0 Å². The number of hydrogen-bond acceptors (Lipinski definition) is 2. The number of thiocarbonyl (C=S) groups is 1. The first kappa shape index (κ1) is 12.5. The van der Waals surface area contributed by atoms with Gasteiger partial charge in [0.1, 0.15) is 0 Å². The Hall–Kier alpha value is 0.0400. The second-order valence-electron chi connectivity index (χ2n) is 5.05. The Morgan fingerprint density at radius 2 is 2.00 bits per heavy atom. The molecule has 0 aliphatic heterocycles. The van der Waals surface area contributed by atoms with Crippen molar-refractivity contribution in [1.82, 2.24) is 10.6 Å².